The van der Waals surface area contributed by atoms with Crippen molar-refractivity contribution in [2.24, 2.45) is 5.92 Å². The standard InChI is InChI=1S/C22H30O3/c1-15(2)11-20(23)12-17(4)8-6-7-16(3)9-10-19-14-21(24)18(5)13-22(19)25/h8-9,13-15H,6-7,10-12H2,1-5H3/b16-9+,17-8+. The van der Waals surface area contributed by atoms with Gasteiger partial charge in [-0.3, -0.25) is 14.4 Å². The highest BCUT2D eigenvalue weighted by Crippen LogP contribution is 2.17. The summed E-state index contributed by atoms with van der Waals surface area (Å²) in [7, 11) is 0. The van der Waals surface area contributed by atoms with Gasteiger partial charge in [0.2, 0.25) is 0 Å². The van der Waals surface area contributed by atoms with E-state index in [1.165, 1.54) is 17.7 Å². The van der Waals surface area contributed by atoms with Crippen LogP contribution in [0.3, 0.4) is 0 Å². The summed E-state index contributed by atoms with van der Waals surface area (Å²) >= 11 is 0. The van der Waals surface area contributed by atoms with Gasteiger partial charge in [-0.1, -0.05) is 37.1 Å². The summed E-state index contributed by atoms with van der Waals surface area (Å²) in [6.45, 7) is 9.81. The first kappa shape index (κ1) is 21.0. The largest absolute Gasteiger partial charge is 0.299 e. The molecule has 136 valence electrons. The molecular weight excluding hydrogens is 312 g/mol. The van der Waals surface area contributed by atoms with Gasteiger partial charge >= 0.3 is 0 Å². The second kappa shape index (κ2) is 10.1. The number of allylic oxidation sites excluding steroid dienone is 8. The van der Waals surface area contributed by atoms with E-state index in [4.69, 9.17) is 0 Å². The molecule has 0 aromatic heterocycles. The first-order valence-corrected chi connectivity index (χ1v) is 8.99. The van der Waals surface area contributed by atoms with E-state index < -0.39 is 0 Å². The molecule has 0 heterocycles. The highest BCUT2D eigenvalue weighted by atomic mass is 16.1. The lowest BCUT2D eigenvalue weighted by molar-refractivity contribution is -0.119. The molecule has 0 saturated carbocycles. The van der Waals surface area contributed by atoms with E-state index in [0.717, 1.165) is 18.4 Å². The lowest BCUT2D eigenvalue weighted by Gasteiger charge is -2.08. The zero-order chi connectivity index (χ0) is 19.0. The van der Waals surface area contributed by atoms with Gasteiger partial charge < -0.3 is 0 Å². The Bertz CT molecular complexity index is 655. The molecule has 1 aliphatic carbocycles. The van der Waals surface area contributed by atoms with Crippen molar-refractivity contribution in [2.45, 2.75) is 66.7 Å². The first-order valence-electron chi connectivity index (χ1n) is 8.99. The molecule has 0 amide bonds. The Kier molecular flexibility index (Phi) is 8.47. The molecule has 3 nitrogen and oxygen atoms in total. The van der Waals surface area contributed by atoms with Gasteiger partial charge in [0.15, 0.2) is 11.6 Å². The fraction of sp³-hybridized carbons (Fsp3) is 0.500. The maximum atomic E-state index is 11.9. The normalized spacial score (nSPS) is 16.2. The number of rotatable bonds is 9. The molecule has 0 bridgehead atoms. The Morgan fingerprint density at radius 1 is 1.04 bits per heavy atom. The number of hydrogen-bond donors (Lipinski definition) is 0. The van der Waals surface area contributed by atoms with Gasteiger partial charge in [-0.25, -0.2) is 0 Å². The molecule has 0 N–H and O–H groups in total. The molecule has 25 heavy (non-hydrogen) atoms. The zero-order valence-electron chi connectivity index (χ0n) is 16.1. The Morgan fingerprint density at radius 3 is 2.36 bits per heavy atom. The molecule has 0 spiro atoms. The highest BCUT2D eigenvalue weighted by molar-refractivity contribution is 6.19. The average Bonchev–Trinajstić information content (AvgIpc) is 2.48. The molecule has 0 aromatic rings. The molecule has 0 fully saturated rings. The maximum Gasteiger partial charge on any atom is 0.182 e. The minimum absolute atomic E-state index is 0.0689. The Balaban J connectivity index is 2.45. The van der Waals surface area contributed by atoms with E-state index in [0.29, 0.717) is 42.1 Å². The Hall–Kier alpha value is -2.03. The molecule has 1 aliphatic rings. The lowest BCUT2D eigenvalue weighted by atomic mass is 9.95. The van der Waals surface area contributed by atoms with Gasteiger partial charge in [0.25, 0.3) is 0 Å². The fourth-order valence-corrected chi connectivity index (χ4v) is 2.71. The number of Topliss-reactive ketones (excluding diaryl/α,β-unsaturated/α-hetero) is 1. The van der Waals surface area contributed by atoms with Crippen LogP contribution >= 0.6 is 0 Å². The van der Waals surface area contributed by atoms with Crippen molar-refractivity contribution in [3.63, 3.8) is 0 Å². The van der Waals surface area contributed by atoms with Crippen molar-refractivity contribution in [3.05, 3.63) is 46.6 Å². The number of hydrogen-bond acceptors (Lipinski definition) is 3. The van der Waals surface area contributed by atoms with Crippen LogP contribution in [0.4, 0.5) is 0 Å². The molecule has 0 aromatic carbocycles. The van der Waals surface area contributed by atoms with Crippen LogP contribution in [0.2, 0.25) is 0 Å². The number of ketones is 3. The van der Waals surface area contributed by atoms with Crippen LogP contribution in [0.25, 0.3) is 0 Å². The van der Waals surface area contributed by atoms with Crippen molar-refractivity contribution in [3.8, 4) is 0 Å². The van der Waals surface area contributed by atoms with Crippen LogP contribution in [-0.4, -0.2) is 17.3 Å². The fourth-order valence-electron chi connectivity index (χ4n) is 2.71. The monoisotopic (exact) mass is 342 g/mol. The molecule has 1 rings (SSSR count). The van der Waals surface area contributed by atoms with E-state index in [2.05, 4.69) is 19.9 Å². The van der Waals surface area contributed by atoms with E-state index in [1.54, 1.807) is 6.92 Å². The quantitative estimate of drug-likeness (QED) is 0.434. The van der Waals surface area contributed by atoms with Crippen molar-refractivity contribution in [2.75, 3.05) is 0 Å². The predicted molar refractivity (Wildman–Crippen MR) is 102 cm³/mol. The van der Waals surface area contributed by atoms with Gasteiger partial charge in [0.1, 0.15) is 5.78 Å². The lowest BCUT2D eigenvalue weighted by Crippen LogP contribution is -2.11. The van der Waals surface area contributed by atoms with Gasteiger partial charge in [0.05, 0.1) is 0 Å². The van der Waals surface area contributed by atoms with Crippen molar-refractivity contribution in [1.82, 2.24) is 0 Å². The molecule has 0 saturated heterocycles. The Labute approximate surface area is 151 Å². The topological polar surface area (TPSA) is 51.2 Å². The smallest absolute Gasteiger partial charge is 0.182 e. The van der Waals surface area contributed by atoms with Crippen LogP contribution in [0.5, 0.6) is 0 Å². The summed E-state index contributed by atoms with van der Waals surface area (Å²) in [5.74, 6) is 0.561. The SMILES string of the molecule is CC1=CC(=O)C(C/C=C(\C)CC/C=C(\C)CC(=O)CC(C)C)=CC1=O. The third-order valence-electron chi connectivity index (χ3n) is 4.17. The van der Waals surface area contributed by atoms with Crippen LogP contribution in [0.1, 0.15) is 66.7 Å². The van der Waals surface area contributed by atoms with Crippen molar-refractivity contribution < 1.29 is 14.4 Å². The van der Waals surface area contributed by atoms with Gasteiger partial charge in [0, 0.05) is 24.0 Å². The second-order valence-corrected chi connectivity index (χ2v) is 7.38. The minimum atomic E-state index is -0.0784. The zero-order valence-corrected chi connectivity index (χ0v) is 16.1. The van der Waals surface area contributed by atoms with E-state index in [9.17, 15) is 14.4 Å². The molecule has 0 unspecified atom stereocenters. The number of carbonyl (C=O) groups excluding carboxylic acids is 3. The second-order valence-electron chi connectivity index (χ2n) is 7.38. The van der Waals surface area contributed by atoms with Crippen LogP contribution in [-0.2, 0) is 14.4 Å². The molecule has 3 heteroatoms. The van der Waals surface area contributed by atoms with Crippen LogP contribution in [0, 0.1) is 5.92 Å². The number of carbonyl (C=O) groups is 3. The van der Waals surface area contributed by atoms with Crippen LogP contribution < -0.4 is 0 Å². The average molecular weight is 342 g/mol. The highest BCUT2D eigenvalue weighted by Gasteiger charge is 2.16. The molecule has 0 atom stereocenters. The molecular formula is C22H30O3. The third kappa shape index (κ3) is 8.06. The summed E-state index contributed by atoms with van der Waals surface area (Å²) < 4.78 is 0. The van der Waals surface area contributed by atoms with Crippen molar-refractivity contribution >= 4 is 17.3 Å². The van der Waals surface area contributed by atoms with Gasteiger partial charge in [-0.15, -0.1) is 0 Å². The summed E-state index contributed by atoms with van der Waals surface area (Å²) in [4.78, 5) is 35.3. The summed E-state index contributed by atoms with van der Waals surface area (Å²) in [6.07, 6.45) is 10.4. The Morgan fingerprint density at radius 2 is 1.72 bits per heavy atom. The van der Waals surface area contributed by atoms with E-state index >= 15 is 0 Å². The van der Waals surface area contributed by atoms with Gasteiger partial charge in [-0.2, -0.15) is 0 Å². The van der Waals surface area contributed by atoms with E-state index in [-0.39, 0.29) is 11.6 Å². The molecule has 0 radical (unpaired) electrons. The van der Waals surface area contributed by atoms with Crippen molar-refractivity contribution in [1.29, 1.82) is 0 Å². The summed E-state index contributed by atoms with van der Waals surface area (Å²) in [6, 6.07) is 0. The maximum absolute atomic E-state index is 11.9. The van der Waals surface area contributed by atoms with Gasteiger partial charge in [-0.05, 0) is 58.1 Å². The third-order valence-corrected chi connectivity index (χ3v) is 4.17. The van der Waals surface area contributed by atoms with Crippen LogP contribution in [0.15, 0.2) is 46.6 Å². The first-order chi connectivity index (χ1) is 11.7. The van der Waals surface area contributed by atoms with E-state index in [1.807, 2.05) is 19.9 Å². The summed E-state index contributed by atoms with van der Waals surface area (Å²) in [5, 5.41) is 0. The summed E-state index contributed by atoms with van der Waals surface area (Å²) in [5.41, 5.74) is 3.36. The molecule has 0 aliphatic heterocycles. The predicted octanol–water partition coefficient (Wildman–Crippen LogP) is 5.08. The minimum Gasteiger partial charge on any atom is -0.299 e.